The van der Waals surface area contributed by atoms with Crippen LogP contribution < -0.4 is 16.4 Å². The number of piperidine rings is 1. The van der Waals surface area contributed by atoms with Crippen LogP contribution in [-0.4, -0.2) is 38.8 Å². The molecule has 0 spiro atoms. The van der Waals surface area contributed by atoms with E-state index >= 15 is 0 Å². The van der Waals surface area contributed by atoms with Crippen molar-refractivity contribution in [3.05, 3.63) is 83.4 Å². The maximum absolute atomic E-state index is 8.93. The van der Waals surface area contributed by atoms with Gasteiger partial charge in [-0.25, -0.2) is 9.97 Å². The molecule has 0 unspecified atom stereocenters. The fourth-order valence-corrected chi connectivity index (χ4v) is 4.75. The molecular weight excluding hydrogens is 500 g/mol. The zero-order valence-corrected chi connectivity index (χ0v) is 23.7. The largest absolute Gasteiger partial charge is 0.383 e. The van der Waals surface area contributed by atoms with E-state index in [1.54, 1.807) is 0 Å². The number of rotatable bonds is 8. The van der Waals surface area contributed by atoms with Gasteiger partial charge < -0.3 is 20.9 Å². The second-order valence-electron chi connectivity index (χ2n) is 11.7. The molecule has 5 rings (SSSR count). The minimum Gasteiger partial charge on any atom is -0.383 e. The van der Waals surface area contributed by atoms with Crippen molar-refractivity contribution in [3.63, 3.8) is 0 Å². The van der Waals surface area contributed by atoms with Crippen molar-refractivity contribution in [1.82, 2.24) is 20.0 Å². The molecule has 4 aromatic rings. The summed E-state index contributed by atoms with van der Waals surface area (Å²) in [5.74, 6) is 3.03. The summed E-state index contributed by atoms with van der Waals surface area (Å²) in [5, 5.41) is 19.6. The van der Waals surface area contributed by atoms with Gasteiger partial charge in [0.15, 0.2) is 5.82 Å². The lowest BCUT2D eigenvalue weighted by Gasteiger charge is -2.30. The Morgan fingerprint density at radius 2 is 1.65 bits per heavy atom. The van der Waals surface area contributed by atoms with Gasteiger partial charge in [0.05, 0.1) is 11.3 Å². The highest BCUT2D eigenvalue weighted by molar-refractivity contribution is 6.16. The summed E-state index contributed by atoms with van der Waals surface area (Å²) in [6.45, 7) is 11.8. The summed E-state index contributed by atoms with van der Waals surface area (Å²) in [5.41, 5.74) is 10.6. The van der Waals surface area contributed by atoms with E-state index in [1.807, 2.05) is 42.5 Å². The SMILES string of the molecule is CC1CCN(Cc2ccc(C(=N)c3c(N)ncnc3Nc3ccc(Nc4cc(C(C)(C)C)on4)cc3)cc2)CC1. The van der Waals surface area contributed by atoms with Gasteiger partial charge in [0.25, 0.3) is 0 Å². The van der Waals surface area contributed by atoms with Crippen molar-refractivity contribution >= 4 is 34.5 Å². The zero-order chi connectivity index (χ0) is 28.3. The van der Waals surface area contributed by atoms with Gasteiger partial charge in [-0.2, -0.15) is 0 Å². The number of nitrogens with one attached hydrogen (secondary N) is 3. The first-order chi connectivity index (χ1) is 19.2. The van der Waals surface area contributed by atoms with E-state index in [0.29, 0.717) is 17.2 Å². The van der Waals surface area contributed by atoms with Gasteiger partial charge in [0.1, 0.15) is 23.7 Å². The molecule has 1 fully saturated rings. The van der Waals surface area contributed by atoms with Crippen molar-refractivity contribution in [3.8, 4) is 0 Å². The van der Waals surface area contributed by atoms with Gasteiger partial charge in [-0.15, -0.1) is 0 Å². The highest BCUT2D eigenvalue weighted by atomic mass is 16.5. The number of benzene rings is 2. The first kappa shape index (κ1) is 27.3. The summed E-state index contributed by atoms with van der Waals surface area (Å²) in [6, 6.07) is 17.8. The van der Waals surface area contributed by atoms with Crippen LogP contribution in [0.15, 0.2) is 65.4 Å². The topological polar surface area (TPSA) is 129 Å². The summed E-state index contributed by atoms with van der Waals surface area (Å²) < 4.78 is 5.46. The van der Waals surface area contributed by atoms with E-state index in [4.69, 9.17) is 15.7 Å². The zero-order valence-electron chi connectivity index (χ0n) is 23.7. The molecule has 2 aromatic carbocycles. The molecule has 0 radical (unpaired) electrons. The van der Waals surface area contributed by atoms with E-state index in [-0.39, 0.29) is 16.9 Å². The second-order valence-corrected chi connectivity index (χ2v) is 11.7. The maximum Gasteiger partial charge on any atom is 0.174 e. The smallest absolute Gasteiger partial charge is 0.174 e. The van der Waals surface area contributed by atoms with Gasteiger partial charge in [-0.1, -0.05) is 57.1 Å². The Morgan fingerprint density at radius 3 is 2.27 bits per heavy atom. The number of hydrogen-bond acceptors (Lipinski definition) is 9. The molecule has 1 aliphatic rings. The summed E-state index contributed by atoms with van der Waals surface area (Å²) in [7, 11) is 0. The molecule has 9 heteroatoms. The van der Waals surface area contributed by atoms with Crippen molar-refractivity contribution < 1.29 is 4.52 Å². The lowest BCUT2D eigenvalue weighted by molar-refractivity contribution is 0.185. The van der Waals surface area contributed by atoms with Crippen LogP contribution in [0.25, 0.3) is 0 Å². The fraction of sp³-hybridized carbons (Fsp3) is 0.355. The third-order valence-electron chi connectivity index (χ3n) is 7.32. The Balaban J connectivity index is 1.27. The molecule has 208 valence electrons. The van der Waals surface area contributed by atoms with Gasteiger partial charge in [-0.05, 0) is 61.7 Å². The van der Waals surface area contributed by atoms with Gasteiger partial charge >= 0.3 is 0 Å². The molecule has 0 amide bonds. The highest BCUT2D eigenvalue weighted by Crippen LogP contribution is 2.28. The van der Waals surface area contributed by atoms with Crippen molar-refractivity contribution in [2.45, 2.75) is 52.5 Å². The van der Waals surface area contributed by atoms with E-state index in [1.165, 1.54) is 24.7 Å². The predicted molar refractivity (Wildman–Crippen MR) is 161 cm³/mol. The second kappa shape index (κ2) is 11.5. The minimum atomic E-state index is -0.112. The normalized spacial score (nSPS) is 14.7. The van der Waals surface area contributed by atoms with Crippen molar-refractivity contribution in [1.29, 1.82) is 5.41 Å². The third-order valence-corrected chi connectivity index (χ3v) is 7.32. The summed E-state index contributed by atoms with van der Waals surface area (Å²) in [6.07, 6.45) is 3.92. The molecule has 2 aromatic heterocycles. The molecule has 40 heavy (non-hydrogen) atoms. The third kappa shape index (κ3) is 6.48. The standard InChI is InChI=1S/C31H38N8O/c1-20-13-15-39(16-14-20)18-21-5-7-22(8-6-21)28(32)27-29(33)34-19-35-30(27)37-24-11-9-23(10-12-24)36-26-17-25(40-38-26)31(2,3)4/h5-12,17,19-20,32H,13-16,18H2,1-4H3,(H,36,38)(H3,33,34,35,37). The number of nitrogens with zero attached hydrogens (tertiary/aromatic N) is 4. The van der Waals surface area contributed by atoms with Gasteiger partial charge in [-0.3, -0.25) is 10.3 Å². The summed E-state index contributed by atoms with van der Waals surface area (Å²) in [4.78, 5) is 11.1. The van der Waals surface area contributed by atoms with Crippen LogP contribution in [-0.2, 0) is 12.0 Å². The number of likely N-dealkylation sites (tertiary alicyclic amines) is 1. The molecule has 1 saturated heterocycles. The Morgan fingerprint density at radius 1 is 1.00 bits per heavy atom. The molecule has 9 nitrogen and oxygen atoms in total. The Hall–Kier alpha value is -4.24. The molecule has 3 heterocycles. The average molecular weight is 539 g/mol. The van der Waals surface area contributed by atoms with E-state index in [0.717, 1.165) is 48.3 Å². The maximum atomic E-state index is 8.93. The fourth-order valence-electron chi connectivity index (χ4n) is 4.75. The first-order valence-corrected chi connectivity index (χ1v) is 13.8. The Bertz CT molecular complexity index is 1450. The van der Waals surface area contributed by atoms with Crippen LogP contribution in [0.4, 0.5) is 28.8 Å². The molecule has 0 atom stereocenters. The van der Waals surface area contributed by atoms with Crippen molar-refractivity contribution in [2.75, 3.05) is 29.5 Å². The van der Waals surface area contributed by atoms with Crippen LogP contribution in [0.2, 0.25) is 0 Å². The van der Waals surface area contributed by atoms with Crippen LogP contribution in [0.3, 0.4) is 0 Å². The lowest BCUT2D eigenvalue weighted by atomic mass is 9.93. The van der Waals surface area contributed by atoms with Gasteiger partial charge in [0, 0.05) is 35.0 Å². The molecule has 5 N–H and O–H groups in total. The molecule has 0 saturated carbocycles. The van der Waals surface area contributed by atoms with Crippen LogP contribution in [0.1, 0.15) is 63.0 Å². The molecule has 1 aliphatic heterocycles. The quantitative estimate of drug-likeness (QED) is 0.188. The van der Waals surface area contributed by atoms with Crippen LogP contribution in [0, 0.1) is 11.3 Å². The minimum absolute atomic E-state index is 0.112. The molecule has 0 bridgehead atoms. The number of aromatic nitrogens is 3. The number of anilines is 5. The summed E-state index contributed by atoms with van der Waals surface area (Å²) >= 11 is 0. The van der Waals surface area contributed by atoms with Crippen molar-refractivity contribution in [2.24, 2.45) is 5.92 Å². The average Bonchev–Trinajstić information content (AvgIpc) is 3.41. The predicted octanol–water partition coefficient (Wildman–Crippen LogP) is 6.48. The van der Waals surface area contributed by atoms with Crippen LogP contribution >= 0.6 is 0 Å². The van der Waals surface area contributed by atoms with E-state index < -0.39 is 0 Å². The molecular formula is C31H38N8O. The van der Waals surface area contributed by atoms with E-state index in [9.17, 15) is 0 Å². The highest BCUT2D eigenvalue weighted by Gasteiger charge is 2.20. The lowest BCUT2D eigenvalue weighted by Crippen LogP contribution is -2.32. The van der Waals surface area contributed by atoms with E-state index in [2.05, 4.69) is 70.5 Å². The van der Waals surface area contributed by atoms with Gasteiger partial charge in [0.2, 0.25) is 0 Å². The van der Waals surface area contributed by atoms with Crippen LogP contribution in [0.5, 0.6) is 0 Å². The Kier molecular flexibility index (Phi) is 7.84. The molecule has 0 aliphatic carbocycles. The number of nitrogen functional groups attached to an aromatic ring is 1. The first-order valence-electron chi connectivity index (χ1n) is 13.8. The Labute approximate surface area is 235 Å². The monoisotopic (exact) mass is 538 g/mol. The number of hydrogen-bond donors (Lipinski definition) is 4. The number of nitrogens with two attached hydrogens (primary N) is 1.